The summed E-state index contributed by atoms with van der Waals surface area (Å²) >= 11 is 0. The lowest BCUT2D eigenvalue weighted by Gasteiger charge is -2.30. The number of aryl methyl sites for hydroxylation is 1. The molecule has 1 aliphatic heterocycles. The van der Waals surface area contributed by atoms with Crippen LogP contribution in [0.25, 0.3) is 11.3 Å². The Morgan fingerprint density at radius 3 is 2.79 bits per heavy atom. The van der Waals surface area contributed by atoms with E-state index in [-0.39, 0.29) is 11.8 Å². The molecule has 6 nitrogen and oxygen atoms in total. The van der Waals surface area contributed by atoms with E-state index in [0.717, 1.165) is 35.4 Å². The van der Waals surface area contributed by atoms with Gasteiger partial charge in [0.15, 0.2) is 11.6 Å². The molecule has 3 heterocycles. The quantitative estimate of drug-likeness (QED) is 0.749. The number of piperidine rings is 1. The second kappa shape index (κ2) is 7.46. The molecule has 8 heteroatoms. The molecule has 4 rings (SSSR count). The van der Waals surface area contributed by atoms with Crippen molar-refractivity contribution in [2.45, 2.75) is 26.2 Å². The predicted octanol–water partition coefficient (Wildman–Crippen LogP) is 3.44. The molecule has 0 bridgehead atoms. The lowest BCUT2D eigenvalue weighted by molar-refractivity contribution is -0.123. The van der Waals surface area contributed by atoms with E-state index in [1.165, 1.54) is 6.07 Å². The van der Waals surface area contributed by atoms with Crippen LogP contribution in [0.2, 0.25) is 0 Å². The third-order valence-corrected chi connectivity index (χ3v) is 5.05. The van der Waals surface area contributed by atoms with E-state index in [9.17, 15) is 13.6 Å². The Morgan fingerprint density at radius 1 is 1.18 bits per heavy atom. The third kappa shape index (κ3) is 3.49. The van der Waals surface area contributed by atoms with Gasteiger partial charge in [-0.1, -0.05) is 6.07 Å². The minimum atomic E-state index is -0.894. The number of benzene rings is 1. The Labute approximate surface area is 160 Å². The molecule has 1 atom stereocenters. The molecular formula is C20H19F2N5O. The molecule has 0 spiro atoms. The Hall–Kier alpha value is -3.16. The van der Waals surface area contributed by atoms with E-state index in [2.05, 4.69) is 20.2 Å². The van der Waals surface area contributed by atoms with Gasteiger partial charge in [0, 0.05) is 18.0 Å². The van der Waals surface area contributed by atoms with Gasteiger partial charge in [0.05, 0.1) is 24.3 Å². The molecule has 0 aliphatic carbocycles. The van der Waals surface area contributed by atoms with E-state index in [4.69, 9.17) is 0 Å². The molecule has 1 aliphatic rings. The van der Waals surface area contributed by atoms with Crippen molar-refractivity contribution in [1.29, 1.82) is 0 Å². The summed E-state index contributed by atoms with van der Waals surface area (Å²) in [5.41, 5.74) is 3.19. The zero-order valence-corrected chi connectivity index (χ0v) is 15.3. The number of hydrogen-bond acceptors (Lipinski definition) is 4. The number of carbonyl (C=O) groups excluding carboxylic acids is 1. The van der Waals surface area contributed by atoms with Crippen molar-refractivity contribution >= 4 is 11.9 Å². The van der Waals surface area contributed by atoms with Crippen molar-refractivity contribution in [2.24, 2.45) is 5.92 Å². The normalized spacial score (nSPS) is 17.2. The summed E-state index contributed by atoms with van der Waals surface area (Å²) < 4.78 is 26.6. The predicted molar refractivity (Wildman–Crippen MR) is 99.5 cm³/mol. The minimum absolute atomic E-state index is 0.0681. The number of halogens is 2. The second-order valence-electron chi connectivity index (χ2n) is 6.99. The van der Waals surface area contributed by atoms with Crippen molar-refractivity contribution < 1.29 is 13.6 Å². The number of carbonyl (C=O) groups is 1. The Balaban J connectivity index is 1.53. The first-order valence-corrected chi connectivity index (χ1v) is 9.11. The number of anilines is 1. The number of H-pyrrole nitrogens is 1. The first kappa shape index (κ1) is 18.2. The van der Waals surface area contributed by atoms with Gasteiger partial charge < -0.3 is 4.98 Å². The SMILES string of the molecule is Cc1cnncc1-c1cnc(N2CCCC(Cc3ccc(F)c(F)c3)C2=O)[nH]1. The fourth-order valence-corrected chi connectivity index (χ4v) is 3.55. The largest absolute Gasteiger partial charge is 0.324 e. The molecule has 144 valence electrons. The van der Waals surface area contributed by atoms with Gasteiger partial charge in [0.2, 0.25) is 11.9 Å². The summed E-state index contributed by atoms with van der Waals surface area (Å²) in [6, 6.07) is 3.78. The van der Waals surface area contributed by atoms with Crippen LogP contribution < -0.4 is 4.90 Å². The molecule has 1 aromatic carbocycles. The van der Waals surface area contributed by atoms with Crippen LogP contribution >= 0.6 is 0 Å². The average molecular weight is 383 g/mol. The van der Waals surface area contributed by atoms with E-state index in [0.29, 0.717) is 30.9 Å². The van der Waals surface area contributed by atoms with Gasteiger partial charge in [-0.3, -0.25) is 9.69 Å². The first-order chi connectivity index (χ1) is 13.5. The van der Waals surface area contributed by atoms with Gasteiger partial charge >= 0.3 is 0 Å². The summed E-state index contributed by atoms with van der Waals surface area (Å²) in [4.78, 5) is 22.2. The highest BCUT2D eigenvalue weighted by molar-refractivity contribution is 5.94. The maximum Gasteiger partial charge on any atom is 0.232 e. The fourth-order valence-electron chi connectivity index (χ4n) is 3.55. The number of rotatable bonds is 4. The monoisotopic (exact) mass is 383 g/mol. The van der Waals surface area contributed by atoms with E-state index in [1.54, 1.807) is 23.5 Å². The molecule has 28 heavy (non-hydrogen) atoms. The summed E-state index contributed by atoms with van der Waals surface area (Å²) in [6.45, 7) is 2.49. The van der Waals surface area contributed by atoms with Crippen molar-refractivity contribution in [3.8, 4) is 11.3 Å². The number of nitrogens with zero attached hydrogens (tertiary/aromatic N) is 4. The van der Waals surface area contributed by atoms with Crippen molar-refractivity contribution in [2.75, 3.05) is 11.4 Å². The number of imidazole rings is 1. The van der Waals surface area contributed by atoms with Crippen LogP contribution in [0.15, 0.2) is 36.8 Å². The number of aromatic nitrogens is 4. The lowest BCUT2D eigenvalue weighted by Crippen LogP contribution is -2.42. The molecule has 1 unspecified atom stereocenters. The van der Waals surface area contributed by atoms with Crippen molar-refractivity contribution in [1.82, 2.24) is 20.2 Å². The van der Waals surface area contributed by atoms with Crippen LogP contribution in [0.1, 0.15) is 24.0 Å². The fraction of sp³-hybridized carbons (Fsp3) is 0.300. The molecule has 1 N–H and O–H groups in total. The van der Waals surface area contributed by atoms with Gasteiger partial charge in [-0.05, 0) is 49.4 Å². The highest BCUT2D eigenvalue weighted by Crippen LogP contribution is 2.28. The third-order valence-electron chi connectivity index (χ3n) is 5.05. The van der Waals surface area contributed by atoms with Gasteiger partial charge in [0.1, 0.15) is 0 Å². The molecule has 1 saturated heterocycles. The minimum Gasteiger partial charge on any atom is -0.324 e. The second-order valence-corrected chi connectivity index (χ2v) is 6.99. The maximum absolute atomic E-state index is 13.5. The summed E-state index contributed by atoms with van der Waals surface area (Å²) in [6.07, 6.45) is 6.87. The van der Waals surface area contributed by atoms with Crippen molar-refractivity contribution in [3.05, 3.63) is 59.6 Å². The van der Waals surface area contributed by atoms with Crippen molar-refractivity contribution in [3.63, 3.8) is 0 Å². The standard InChI is InChI=1S/C20H19F2N5O/c1-12-9-24-25-10-15(12)18-11-23-20(26-18)27-6-2-3-14(19(27)28)7-13-4-5-16(21)17(22)8-13/h4-5,8-11,14H,2-3,6-7H2,1H3,(H,23,26). The number of nitrogens with one attached hydrogen (secondary N) is 1. The maximum atomic E-state index is 13.5. The smallest absolute Gasteiger partial charge is 0.232 e. The first-order valence-electron chi connectivity index (χ1n) is 9.11. The Bertz CT molecular complexity index is 1020. The molecule has 0 saturated carbocycles. The summed E-state index contributed by atoms with van der Waals surface area (Å²) in [5, 5.41) is 7.74. The topological polar surface area (TPSA) is 74.8 Å². The Morgan fingerprint density at radius 2 is 2.00 bits per heavy atom. The van der Waals surface area contributed by atoms with Gasteiger partial charge in [0.25, 0.3) is 0 Å². The lowest BCUT2D eigenvalue weighted by atomic mass is 9.90. The highest BCUT2D eigenvalue weighted by atomic mass is 19.2. The van der Waals surface area contributed by atoms with Crippen LogP contribution in [-0.2, 0) is 11.2 Å². The van der Waals surface area contributed by atoms with Gasteiger partial charge in [-0.25, -0.2) is 13.8 Å². The molecule has 1 fully saturated rings. The molecule has 2 aromatic heterocycles. The summed E-state index contributed by atoms with van der Waals surface area (Å²) in [7, 11) is 0. The van der Waals surface area contributed by atoms with Crippen LogP contribution in [0, 0.1) is 24.5 Å². The van der Waals surface area contributed by atoms with Crippen LogP contribution in [0.4, 0.5) is 14.7 Å². The highest BCUT2D eigenvalue weighted by Gasteiger charge is 2.31. The van der Waals surface area contributed by atoms with E-state index >= 15 is 0 Å². The summed E-state index contributed by atoms with van der Waals surface area (Å²) in [5.74, 6) is -1.66. The van der Waals surface area contributed by atoms with Gasteiger partial charge in [-0.2, -0.15) is 10.2 Å². The Kier molecular flexibility index (Phi) is 4.85. The average Bonchev–Trinajstić information content (AvgIpc) is 3.16. The molecule has 3 aromatic rings. The number of amides is 1. The van der Waals surface area contributed by atoms with Gasteiger partial charge in [-0.15, -0.1) is 0 Å². The molecular weight excluding hydrogens is 364 g/mol. The van der Waals surface area contributed by atoms with Crippen LogP contribution in [-0.4, -0.2) is 32.6 Å². The van der Waals surface area contributed by atoms with E-state index in [1.807, 2.05) is 6.92 Å². The van der Waals surface area contributed by atoms with E-state index < -0.39 is 11.6 Å². The zero-order chi connectivity index (χ0) is 19.7. The number of hydrogen-bond donors (Lipinski definition) is 1. The zero-order valence-electron chi connectivity index (χ0n) is 15.3. The van der Waals surface area contributed by atoms with Crippen LogP contribution in [0.5, 0.6) is 0 Å². The molecule has 1 amide bonds. The molecule has 0 radical (unpaired) electrons. The van der Waals surface area contributed by atoms with Crippen LogP contribution in [0.3, 0.4) is 0 Å². The number of aromatic amines is 1.